The number of amides is 2. The van der Waals surface area contributed by atoms with Gasteiger partial charge in [-0.2, -0.15) is 0 Å². The Balaban J connectivity index is 1.64. The molecule has 0 spiro atoms. The fraction of sp³-hybridized carbons (Fsp3) is 0.360. The number of carbonyl (C=O) groups excluding carboxylic acids is 1. The number of carbonyl (C=O) groups is 1. The Hall–Kier alpha value is -3.52. The molecule has 174 valence electrons. The Bertz CT molecular complexity index is 1070. The van der Waals surface area contributed by atoms with Crippen LogP contribution in [0, 0.1) is 0 Å². The van der Waals surface area contributed by atoms with Gasteiger partial charge < -0.3 is 18.8 Å². The molecular formula is C25H29N3O5. The van der Waals surface area contributed by atoms with Crippen LogP contribution in [-0.4, -0.2) is 60.0 Å². The van der Waals surface area contributed by atoms with Crippen molar-refractivity contribution in [3.8, 4) is 34.1 Å². The second kappa shape index (κ2) is 9.95. The van der Waals surface area contributed by atoms with Crippen LogP contribution in [0.3, 0.4) is 0 Å². The van der Waals surface area contributed by atoms with Crippen LogP contribution in [-0.2, 0) is 0 Å². The van der Waals surface area contributed by atoms with Gasteiger partial charge in [0.25, 0.3) is 0 Å². The van der Waals surface area contributed by atoms with Crippen molar-refractivity contribution in [3.63, 3.8) is 0 Å². The molecule has 0 saturated carbocycles. The first-order chi connectivity index (χ1) is 16.0. The summed E-state index contributed by atoms with van der Waals surface area (Å²) in [6.45, 7) is 3.63. The van der Waals surface area contributed by atoms with Crippen molar-refractivity contribution in [2.75, 3.05) is 33.9 Å². The highest BCUT2D eigenvalue weighted by Gasteiger charge is 2.29. The van der Waals surface area contributed by atoms with Gasteiger partial charge in [0.1, 0.15) is 17.2 Å². The Morgan fingerprint density at radius 2 is 1.70 bits per heavy atom. The van der Waals surface area contributed by atoms with E-state index in [4.69, 9.17) is 18.9 Å². The second-order valence-corrected chi connectivity index (χ2v) is 7.98. The number of hydrogen-bond acceptors (Lipinski definition) is 6. The van der Waals surface area contributed by atoms with Gasteiger partial charge in [-0.3, -0.25) is 5.21 Å². The first-order valence-electron chi connectivity index (χ1n) is 11.1. The van der Waals surface area contributed by atoms with Crippen LogP contribution in [0.25, 0.3) is 22.6 Å². The second-order valence-electron chi connectivity index (χ2n) is 7.98. The first-order valence-corrected chi connectivity index (χ1v) is 11.1. The third-order valence-electron chi connectivity index (χ3n) is 5.83. The number of hydrogen-bond donors (Lipinski definition) is 1. The molecule has 1 fully saturated rings. The maximum atomic E-state index is 12.0. The minimum Gasteiger partial charge on any atom is -0.497 e. The number of urea groups is 1. The topological polar surface area (TPSA) is 88.3 Å². The molecular weight excluding hydrogens is 422 g/mol. The monoisotopic (exact) mass is 451 g/mol. The molecule has 1 saturated heterocycles. The molecule has 33 heavy (non-hydrogen) atoms. The fourth-order valence-corrected chi connectivity index (χ4v) is 4.04. The highest BCUT2D eigenvalue weighted by molar-refractivity contribution is 5.77. The van der Waals surface area contributed by atoms with Crippen molar-refractivity contribution in [2.24, 2.45) is 0 Å². The summed E-state index contributed by atoms with van der Waals surface area (Å²) in [6.07, 6.45) is 1.43. The van der Waals surface area contributed by atoms with Gasteiger partial charge in [-0.25, -0.2) is 14.8 Å². The minimum absolute atomic E-state index is 0.0893. The molecule has 1 aliphatic heterocycles. The zero-order chi connectivity index (χ0) is 23.4. The van der Waals surface area contributed by atoms with Gasteiger partial charge in [-0.05, 0) is 68.3 Å². The molecule has 1 aliphatic rings. The molecule has 0 atom stereocenters. The lowest BCUT2D eigenvalue weighted by Gasteiger charge is -2.31. The number of oxazole rings is 1. The smallest absolute Gasteiger partial charge is 0.343 e. The molecule has 2 aromatic carbocycles. The number of nitrogens with zero attached hydrogens (tertiary/aromatic N) is 3. The average molecular weight is 452 g/mol. The van der Waals surface area contributed by atoms with Crippen molar-refractivity contribution in [1.29, 1.82) is 0 Å². The molecule has 3 aromatic rings. The third-order valence-corrected chi connectivity index (χ3v) is 5.83. The van der Waals surface area contributed by atoms with E-state index in [1.54, 1.807) is 12.0 Å². The van der Waals surface area contributed by atoms with Crippen LogP contribution in [0.4, 0.5) is 4.79 Å². The molecule has 8 heteroatoms. The number of ether oxygens (including phenoxy) is 2. The van der Waals surface area contributed by atoms with Crippen molar-refractivity contribution < 1.29 is 23.9 Å². The minimum atomic E-state index is -0.394. The van der Waals surface area contributed by atoms with E-state index in [-0.39, 0.29) is 5.92 Å². The van der Waals surface area contributed by atoms with Gasteiger partial charge in [0.15, 0.2) is 11.7 Å². The zero-order valence-corrected chi connectivity index (χ0v) is 19.2. The van der Waals surface area contributed by atoms with Crippen LogP contribution in [0.5, 0.6) is 11.5 Å². The molecule has 2 heterocycles. The van der Waals surface area contributed by atoms with Gasteiger partial charge in [-0.1, -0.05) is 0 Å². The molecule has 0 radical (unpaired) electrons. The van der Waals surface area contributed by atoms with Crippen LogP contribution in [0.15, 0.2) is 52.9 Å². The lowest BCUT2D eigenvalue weighted by Crippen LogP contribution is -2.43. The largest absolute Gasteiger partial charge is 0.497 e. The van der Waals surface area contributed by atoms with Crippen molar-refractivity contribution in [3.05, 3.63) is 54.4 Å². The molecule has 2 amide bonds. The summed E-state index contributed by atoms with van der Waals surface area (Å²) in [4.78, 5) is 18.6. The van der Waals surface area contributed by atoms with Gasteiger partial charge in [0, 0.05) is 37.2 Å². The van der Waals surface area contributed by atoms with E-state index in [9.17, 15) is 10.0 Å². The number of likely N-dealkylation sites (tertiary alicyclic amines) is 1. The summed E-state index contributed by atoms with van der Waals surface area (Å²) >= 11 is 0. The highest BCUT2D eigenvalue weighted by Crippen LogP contribution is 2.38. The number of hydroxylamine groups is 2. The Labute approximate surface area is 193 Å². The van der Waals surface area contributed by atoms with Gasteiger partial charge in [0.05, 0.1) is 13.7 Å². The molecule has 1 aromatic heterocycles. The Morgan fingerprint density at radius 1 is 1.09 bits per heavy atom. The molecule has 8 nitrogen and oxygen atoms in total. The first kappa shape index (κ1) is 22.7. The average Bonchev–Trinajstić information content (AvgIpc) is 3.30. The summed E-state index contributed by atoms with van der Waals surface area (Å²) in [5.74, 6) is 3.03. The van der Waals surface area contributed by atoms with Crippen molar-refractivity contribution >= 4 is 6.03 Å². The van der Waals surface area contributed by atoms with Crippen molar-refractivity contribution in [2.45, 2.75) is 25.7 Å². The summed E-state index contributed by atoms with van der Waals surface area (Å²) in [6, 6.07) is 15.1. The van der Waals surface area contributed by atoms with Crippen LogP contribution < -0.4 is 9.47 Å². The Kier molecular flexibility index (Phi) is 6.84. The maximum Gasteiger partial charge on any atom is 0.343 e. The van der Waals surface area contributed by atoms with Crippen LogP contribution in [0.2, 0.25) is 0 Å². The molecule has 0 aliphatic carbocycles. The highest BCUT2D eigenvalue weighted by atomic mass is 16.5. The lowest BCUT2D eigenvalue weighted by atomic mass is 9.97. The van der Waals surface area contributed by atoms with E-state index in [2.05, 4.69) is 0 Å². The SMILES string of the molecule is CCOc1ccc(-c2oc(C3CCN(C(=O)N(C)O)CC3)nc2-c2ccc(OC)cc2)cc1. The predicted octanol–water partition coefficient (Wildman–Crippen LogP) is 5.04. The van der Waals surface area contributed by atoms with Gasteiger partial charge >= 0.3 is 6.03 Å². The molecule has 4 rings (SSSR count). The third kappa shape index (κ3) is 4.96. The zero-order valence-electron chi connectivity index (χ0n) is 19.2. The van der Waals surface area contributed by atoms with Gasteiger partial charge in [0.2, 0.25) is 0 Å². The predicted molar refractivity (Wildman–Crippen MR) is 124 cm³/mol. The van der Waals surface area contributed by atoms with Crippen molar-refractivity contribution in [1.82, 2.24) is 14.9 Å². The number of piperidine rings is 1. The van der Waals surface area contributed by atoms with E-state index < -0.39 is 6.03 Å². The summed E-state index contributed by atoms with van der Waals surface area (Å²) < 4.78 is 17.2. The standard InChI is InChI=1S/C25H29N3O5/c1-4-32-21-11-7-18(8-12-21)23-22(17-5-9-20(31-3)10-6-17)26-24(33-23)19-13-15-28(16-14-19)25(29)27(2)30/h5-12,19,30H,4,13-16H2,1-3H3. The number of rotatable bonds is 6. The molecule has 0 bridgehead atoms. The maximum absolute atomic E-state index is 12.0. The Morgan fingerprint density at radius 3 is 2.27 bits per heavy atom. The summed E-state index contributed by atoms with van der Waals surface area (Å²) in [5.41, 5.74) is 2.62. The molecule has 1 N–H and O–H groups in total. The van der Waals surface area contributed by atoms with E-state index in [0.717, 1.165) is 28.3 Å². The molecule has 0 unspecified atom stereocenters. The lowest BCUT2D eigenvalue weighted by molar-refractivity contribution is -0.0358. The summed E-state index contributed by atoms with van der Waals surface area (Å²) in [7, 11) is 2.98. The number of aromatic nitrogens is 1. The van der Waals surface area contributed by atoms with Crippen LogP contribution >= 0.6 is 0 Å². The quantitative estimate of drug-likeness (QED) is 0.417. The number of benzene rings is 2. The normalized spacial score (nSPS) is 14.2. The fourth-order valence-electron chi connectivity index (χ4n) is 4.04. The van der Waals surface area contributed by atoms with Crippen LogP contribution in [0.1, 0.15) is 31.6 Å². The van der Waals surface area contributed by atoms with E-state index in [0.29, 0.717) is 49.3 Å². The number of methoxy groups -OCH3 is 1. The van der Waals surface area contributed by atoms with E-state index in [1.165, 1.54) is 7.05 Å². The van der Waals surface area contributed by atoms with E-state index >= 15 is 0 Å². The summed E-state index contributed by atoms with van der Waals surface area (Å²) in [5, 5.41) is 10.1. The van der Waals surface area contributed by atoms with Gasteiger partial charge in [-0.15, -0.1) is 0 Å². The van der Waals surface area contributed by atoms with E-state index in [1.807, 2.05) is 55.5 Å².